The highest BCUT2D eigenvalue weighted by atomic mass is 16.6. The molecule has 1 atom stereocenters. The number of ether oxygens (including phenoxy) is 3. The van der Waals surface area contributed by atoms with Gasteiger partial charge in [0.15, 0.2) is 11.5 Å². The lowest BCUT2D eigenvalue weighted by Gasteiger charge is -2.35. The second-order valence-electron chi connectivity index (χ2n) is 5.68. The van der Waals surface area contributed by atoms with E-state index in [4.69, 9.17) is 19.9 Å². The van der Waals surface area contributed by atoms with E-state index in [2.05, 4.69) is 0 Å². The lowest BCUT2D eigenvalue weighted by atomic mass is 10.1. The van der Waals surface area contributed by atoms with Crippen LogP contribution in [0.3, 0.4) is 0 Å². The first kappa shape index (κ1) is 16.4. The van der Waals surface area contributed by atoms with Crippen LogP contribution in [-0.2, 0) is 4.74 Å². The number of piperazine rings is 1. The molecule has 1 aromatic carbocycles. The standard InChI is InChI=1S/C16H21N3O5/c1-22-13-3-2-11(8-14(13)23-7-4-17)15(20)18-5-6-19-12(9-18)10-24-16(19)21/h2-3,8,12H,4-7,9-10,17H2,1H3. The van der Waals surface area contributed by atoms with Crippen molar-refractivity contribution in [3.8, 4) is 11.5 Å². The SMILES string of the molecule is COc1ccc(C(=O)N2CCN3C(=O)OCC3C2)cc1OCCN. The summed E-state index contributed by atoms with van der Waals surface area (Å²) >= 11 is 0. The van der Waals surface area contributed by atoms with Crippen LogP contribution in [0.4, 0.5) is 4.79 Å². The Hall–Kier alpha value is -2.48. The zero-order chi connectivity index (χ0) is 17.1. The van der Waals surface area contributed by atoms with E-state index in [1.54, 1.807) is 35.1 Å². The number of nitrogens with zero attached hydrogens (tertiary/aromatic N) is 2. The van der Waals surface area contributed by atoms with Gasteiger partial charge in [-0.25, -0.2) is 4.79 Å². The Kier molecular flexibility index (Phi) is 4.75. The lowest BCUT2D eigenvalue weighted by molar-refractivity contribution is 0.0616. The predicted molar refractivity (Wildman–Crippen MR) is 85.3 cm³/mol. The van der Waals surface area contributed by atoms with Gasteiger partial charge in [-0.1, -0.05) is 0 Å². The zero-order valence-electron chi connectivity index (χ0n) is 13.6. The van der Waals surface area contributed by atoms with Crippen molar-refractivity contribution in [3.63, 3.8) is 0 Å². The fourth-order valence-electron chi connectivity index (χ4n) is 2.95. The van der Waals surface area contributed by atoms with Crippen LogP contribution in [0.5, 0.6) is 11.5 Å². The predicted octanol–water partition coefficient (Wildman–Crippen LogP) is 0.309. The second kappa shape index (κ2) is 6.96. The van der Waals surface area contributed by atoms with Crippen LogP contribution in [0.2, 0.25) is 0 Å². The van der Waals surface area contributed by atoms with Crippen LogP contribution in [0.15, 0.2) is 18.2 Å². The Balaban J connectivity index is 1.74. The zero-order valence-corrected chi connectivity index (χ0v) is 13.6. The maximum atomic E-state index is 12.8. The summed E-state index contributed by atoms with van der Waals surface area (Å²) in [5.41, 5.74) is 5.97. The van der Waals surface area contributed by atoms with E-state index in [1.165, 1.54) is 0 Å². The maximum absolute atomic E-state index is 12.8. The molecule has 2 aliphatic rings. The van der Waals surface area contributed by atoms with Crippen molar-refractivity contribution in [3.05, 3.63) is 23.8 Å². The van der Waals surface area contributed by atoms with E-state index in [1.807, 2.05) is 0 Å². The highest BCUT2D eigenvalue weighted by Crippen LogP contribution is 2.29. The van der Waals surface area contributed by atoms with Crippen molar-refractivity contribution >= 4 is 12.0 Å². The topological polar surface area (TPSA) is 94.3 Å². The Morgan fingerprint density at radius 1 is 1.38 bits per heavy atom. The molecule has 8 nitrogen and oxygen atoms in total. The van der Waals surface area contributed by atoms with Gasteiger partial charge >= 0.3 is 6.09 Å². The molecule has 2 N–H and O–H groups in total. The molecular weight excluding hydrogens is 314 g/mol. The number of hydrogen-bond acceptors (Lipinski definition) is 6. The molecule has 2 amide bonds. The molecule has 8 heteroatoms. The first-order chi connectivity index (χ1) is 11.6. The summed E-state index contributed by atoms with van der Waals surface area (Å²) in [7, 11) is 1.54. The monoisotopic (exact) mass is 335 g/mol. The molecule has 130 valence electrons. The Morgan fingerprint density at radius 2 is 2.21 bits per heavy atom. The molecule has 0 bridgehead atoms. The van der Waals surface area contributed by atoms with Gasteiger partial charge in [-0.15, -0.1) is 0 Å². The average Bonchev–Trinajstić information content (AvgIpc) is 2.99. The molecule has 0 spiro atoms. The maximum Gasteiger partial charge on any atom is 0.410 e. The fourth-order valence-corrected chi connectivity index (χ4v) is 2.95. The van der Waals surface area contributed by atoms with Crippen molar-refractivity contribution in [2.24, 2.45) is 5.73 Å². The van der Waals surface area contributed by atoms with Gasteiger partial charge in [-0.05, 0) is 18.2 Å². The molecule has 0 saturated carbocycles. The molecule has 3 rings (SSSR count). The van der Waals surface area contributed by atoms with Crippen molar-refractivity contribution in [1.29, 1.82) is 0 Å². The number of benzene rings is 1. The number of fused-ring (bicyclic) bond motifs is 1. The van der Waals surface area contributed by atoms with Gasteiger partial charge in [-0.3, -0.25) is 9.69 Å². The third-order valence-corrected chi connectivity index (χ3v) is 4.19. The summed E-state index contributed by atoms with van der Waals surface area (Å²) in [6.45, 7) is 2.48. The van der Waals surface area contributed by atoms with Crippen molar-refractivity contribution in [2.75, 3.05) is 46.5 Å². The minimum Gasteiger partial charge on any atom is -0.493 e. The molecule has 2 saturated heterocycles. The van der Waals surface area contributed by atoms with Crippen LogP contribution < -0.4 is 15.2 Å². The van der Waals surface area contributed by atoms with Crippen LogP contribution in [-0.4, -0.2) is 74.3 Å². The quantitative estimate of drug-likeness (QED) is 0.832. The smallest absolute Gasteiger partial charge is 0.410 e. The molecule has 0 aromatic heterocycles. The molecular formula is C16H21N3O5. The minimum atomic E-state index is -0.297. The van der Waals surface area contributed by atoms with Gasteiger partial charge in [0, 0.05) is 31.7 Å². The summed E-state index contributed by atoms with van der Waals surface area (Å²) in [5, 5.41) is 0. The Bertz CT molecular complexity index is 636. The molecule has 0 aliphatic carbocycles. The van der Waals surface area contributed by atoms with Gasteiger partial charge in [0.2, 0.25) is 0 Å². The average molecular weight is 335 g/mol. The van der Waals surface area contributed by atoms with Gasteiger partial charge < -0.3 is 24.8 Å². The molecule has 24 heavy (non-hydrogen) atoms. The van der Waals surface area contributed by atoms with E-state index in [-0.39, 0.29) is 18.0 Å². The van der Waals surface area contributed by atoms with E-state index >= 15 is 0 Å². The fraction of sp³-hybridized carbons (Fsp3) is 0.500. The highest BCUT2D eigenvalue weighted by molar-refractivity contribution is 5.95. The molecule has 1 unspecified atom stereocenters. The lowest BCUT2D eigenvalue weighted by Crippen LogP contribution is -2.53. The van der Waals surface area contributed by atoms with Gasteiger partial charge in [-0.2, -0.15) is 0 Å². The molecule has 0 radical (unpaired) electrons. The summed E-state index contributed by atoms with van der Waals surface area (Å²) in [6, 6.07) is 5.01. The molecule has 2 aliphatic heterocycles. The number of carbonyl (C=O) groups excluding carboxylic acids is 2. The first-order valence-electron chi connectivity index (χ1n) is 7.87. The Morgan fingerprint density at radius 3 is 2.96 bits per heavy atom. The van der Waals surface area contributed by atoms with Gasteiger partial charge in [0.25, 0.3) is 5.91 Å². The third-order valence-electron chi connectivity index (χ3n) is 4.19. The first-order valence-corrected chi connectivity index (χ1v) is 7.87. The number of carbonyl (C=O) groups is 2. The van der Waals surface area contributed by atoms with E-state index in [9.17, 15) is 9.59 Å². The molecule has 2 fully saturated rings. The van der Waals surface area contributed by atoms with E-state index < -0.39 is 0 Å². The number of nitrogens with two attached hydrogens (primary N) is 1. The minimum absolute atomic E-state index is 0.0681. The highest BCUT2D eigenvalue weighted by Gasteiger charge is 2.38. The number of amides is 2. The normalized spacial score (nSPS) is 19.8. The summed E-state index contributed by atoms with van der Waals surface area (Å²) < 4.78 is 15.8. The van der Waals surface area contributed by atoms with Crippen LogP contribution in [0.1, 0.15) is 10.4 Å². The van der Waals surface area contributed by atoms with E-state index in [0.29, 0.717) is 56.5 Å². The Labute approximate surface area is 140 Å². The molecule has 1 aromatic rings. The van der Waals surface area contributed by atoms with Crippen LogP contribution in [0, 0.1) is 0 Å². The van der Waals surface area contributed by atoms with Crippen LogP contribution in [0.25, 0.3) is 0 Å². The molecule has 2 heterocycles. The number of methoxy groups -OCH3 is 1. The summed E-state index contributed by atoms with van der Waals surface area (Å²) in [5.74, 6) is 0.945. The number of cyclic esters (lactones) is 1. The van der Waals surface area contributed by atoms with Crippen molar-refractivity contribution in [2.45, 2.75) is 6.04 Å². The van der Waals surface area contributed by atoms with Crippen LogP contribution >= 0.6 is 0 Å². The number of hydrogen-bond donors (Lipinski definition) is 1. The van der Waals surface area contributed by atoms with E-state index in [0.717, 1.165) is 0 Å². The van der Waals surface area contributed by atoms with Crippen molar-refractivity contribution < 1.29 is 23.8 Å². The van der Waals surface area contributed by atoms with Gasteiger partial charge in [0.1, 0.15) is 13.2 Å². The second-order valence-corrected chi connectivity index (χ2v) is 5.68. The number of rotatable bonds is 5. The summed E-state index contributed by atoms with van der Waals surface area (Å²) in [6.07, 6.45) is -0.297. The third kappa shape index (κ3) is 3.09. The largest absolute Gasteiger partial charge is 0.493 e. The summed E-state index contributed by atoms with van der Waals surface area (Å²) in [4.78, 5) is 27.7. The van der Waals surface area contributed by atoms with Crippen molar-refractivity contribution in [1.82, 2.24) is 9.80 Å². The van der Waals surface area contributed by atoms with Gasteiger partial charge in [0.05, 0.1) is 13.2 Å².